The van der Waals surface area contributed by atoms with Crippen molar-refractivity contribution in [3.63, 3.8) is 0 Å². The molecule has 0 spiro atoms. The molecule has 7 heteroatoms. The zero-order valence-corrected chi connectivity index (χ0v) is 16.8. The maximum atomic E-state index is 13.1. The maximum absolute atomic E-state index is 13.1. The number of anilines is 1. The summed E-state index contributed by atoms with van der Waals surface area (Å²) in [6, 6.07) is 6.00. The Kier molecular flexibility index (Phi) is 5.38. The lowest BCUT2D eigenvalue weighted by molar-refractivity contribution is 0.0979. The Labute approximate surface area is 158 Å². The van der Waals surface area contributed by atoms with Crippen LogP contribution in [0.3, 0.4) is 0 Å². The highest BCUT2D eigenvalue weighted by Crippen LogP contribution is 2.32. The first-order valence-electron chi connectivity index (χ1n) is 8.77. The second kappa shape index (κ2) is 7.55. The average Bonchev–Trinajstić information content (AvgIpc) is 3.21. The molecule has 0 saturated heterocycles. The molecule has 1 amide bonds. The molecule has 0 N–H and O–H groups in total. The van der Waals surface area contributed by atoms with Crippen LogP contribution >= 0.6 is 11.3 Å². The van der Waals surface area contributed by atoms with Gasteiger partial charge in [0, 0.05) is 25.8 Å². The summed E-state index contributed by atoms with van der Waals surface area (Å²) in [6.07, 6.45) is 1.84. The Hall–Kier alpha value is -2.25. The number of rotatable bonds is 6. The van der Waals surface area contributed by atoms with Crippen molar-refractivity contribution in [1.82, 2.24) is 19.7 Å². The van der Waals surface area contributed by atoms with Gasteiger partial charge in [-0.3, -0.25) is 14.4 Å². The fourth-order valence-electron chi connectivity index (χ4n) is 2.85. The van der Waals surface area contributed by atoms with Crippen LogP contribution in [0.5, 0.6) is 0 Å². The minimum atomic E-state index is -0.104. The van der Waals surface area contributed by atoms with Crippen LogP contribution in [0, 0.1) is 13.8 Å². The molecule has 0 aliphatic rings. The highest BCUT2D eigenvalue weighted by molar-refractivity contribution is 7.22. The van der Waals surface area contributed by atoms with Crippen molar-refractivity contribution < 1.29 is 4.79 Å². The molecule has 1 aromatic carbocycles. The number of aromatic nitrogens is 3. The second-order valence-corrected chi connectivity index (χ2v) is 7.72. The molecular formula is C19H25N5OS. The number of fused-ring (bicyclic) bond motifs is 1. The first-order valence-corrected chi connectivity index (χ1v) is 9.58. The van der Waals surface area contributed by atoms with Gasteiger partial charge in [0.2, 0.25) is 0 Å². The minimum absolute atomic E-state index is 0.104. The van der Waals surface area contributed by atoms with Crippen LogP contribution in [0.25, 0.3) is 10.2 Å². The summed E-state index contributed by atoms with van der Waals surface area (Å²) < 4.78 is 2.90. The summed E-state index contributed by atoms with van der Waals surface area (Å²) in [6.45, 7) is 8.23. The van der Waals surface area contributed by atoms with E-state index in [4.69, 9.17) is 4.98 Å². The SMILES string of the molecule is CCn1ccc(C(=O)N(CCN(C)C)c2nc3cc(C)cc(C)c3s2)n1. The van der Waals surface area contributed by atoms with E-state index in [9.17, 15) is 4.79 Å². The number of carbonyl (C=O) groups is 1. The molecule has 2 aromatic heterocycles. The molecule has 0 saturated carbocycles. The van der Waals surface area contributed by atoms with Crippen molar-refractivity contribution in [2.75, 3.05) is 32.1 Å². The first-order chi connectivity index (χ1) is 12.4. The molecule has 0 bridgehead atoms. The normalized spacial score (nSPS) is 11.5. The average molecular weight is 372 g/mol. The molecule has 0 atom stereocenters. The van der Waals surface area contributed by atoms with Crippen LogP contribution in [0.1, 0.15) is 28.5 Å². The molecule has 138 valence electrons. The van der Waals surface area contributed by atoms with E-state index in [0.29, 0.717) is 12.2 Å². The van der Waals surface area contributed by atoms with Gasteiger partial charge in [0.1, 0.15) is 0 Å². The van der Waals surface area contributed by atoms with Gasteiger partial charge < -0.3 is 4.90 Å². The van der Waals surface area contributed by atoms with E-state index in [2.05, 4.69) is 36.0 Å². The van der Waals surface area contributed by atoms with E-state index in [1.807, 2.05) is 27.2 Å². The Morgan fingerprint density at radius 3 is 2.65 bits per heavy atom. The van der Waals surface area contributed by atoms with E-state index in [0.717, 1.165) is 28.4 Å². The topological polar surface area (TPSA) is 54.3 Å². The molecule has 0 unspecified atom stereocenters. The number of aryl methyl sites for hydroxylation is 3. The summed E-state index contributed by atoms with van der Waals surface area (Å²) in [7, 11) is 4.00. The third-order valence-corrected chi connectivity index (χ3v) is 5.47. The van der Waals surface area contributed by atoms with Crippen LogP contribution in [0.15, 0.2) is 24.4 Å². The van der Waals surface area contributed by atoms with Crippen LogP contribution in [0.2, 0.25) is 0 Å². The lowest BCUT2D eigenvalue weighted by Crippen LogP contribution is -2.37. The van der Waals surface area contributed by atoms with Gasteiger partial charge >= 0.3 is 0 Å². The van der Waals surface area contributed by atoms with Gasteiger partial charge in [-0.25, -0.2) is 4.98 Å². The lowest BCUT2D eigenvalue weighted by atomic mass is 10.1. The largest absolute Gasteiger partial charge is 0.308 e. The standard InChI is InChI=1S/C19H25N5OS/c1-6-23-8-7-15(21-23)18(25)24(10-9-22(4)5)19-20-16-12-13(2)11-14(3)17(16)26-19/h7-8,11-12H,6,9-10H2,1-5H3. The van der Waals surface area contributed by atoms with Crippen molar-refractivity contribution in [2.45, 2.75) is 27.3 Å². The van der Waals surface area contributed by atoms with E-state index in [-0.39, 0.29) is 5.91 Å². The number of hydrogen-bond acceptors (Lipinski definition) is 5. The molecule has 0 aliphatic heterocycles. The zero-order chi connectivity index (χ0) is 18.8. The fraction of sp³-hybridized carbons (Fsp3) is 0.421. The number of benzene rings is 1. The predicted octanol–water partition coefficient (Wildman–Crippen LogP) is 3.34. The lowest BCUT2D eigenvalue weighted by Gasteiger charge is -2.21. The molecule has 3 aromatic rings. The van der Waals surface area contributed by atoms with Crippen LogP contribution in [-0.2, 0) is 6.54 Å². The molecule has 2 heterocycles. The minimum Gasteiger partial charge on any atom is -0.308 e. The quantitative estimate of drug-likeness (QED) is 0.667. The summed E-state index contributed by atoms with van der Waals surface area (Å²) >= 11 is 1.57. The van der Waals surface area contributed by atoms with Gasteiger partial charge in [-0.2, -0.15) is 5.10 Å². The third-order valence-electron chi connectivity index (χ3n) is 4.24. The van der Waals surface area contributed by atoms with Gasteiger partial charge in [0.15, 0.2) is 10.8 Å². The molecule has 26 heavy (non-hydrogen) atoms. The highest BCUT2D eigenvalue weighted by atomic mass is 32.1. The number of amides is 1. The number of nitrogens with zero attached hydrogens (tertiary/aromatic N) is 5. The molecule has 0 radical (unpaired) electrons. The van der Waals surface area contributed by atoms with Crippen LogP contribution in [0.4, 0.5) is 5.13 Å². The van der Waals surface area contributed by atoms with Gasteiger partial charge in [-0.15, -0.1) is 0 Å². The molecule has 3 rings (SSSR count). The van der Waals surface area contributed by atoms with Crippen molar-refractivity contribution >= 4 is 32.6 Å². The van der Waals surface area contributed by atoms with Crippen LogP contribution < -0.4 is 4.90 Å². The summed E-state index contributed by atoms with van der Waals surface area (Å²) in [4.78, 5) is 21.7. The zero-order valence-electron chi connectivity index (χ0n) is 16.0. The number of likely N-dealkylation sites (N-methyl/N-ethyl adjacent to an activating group) is 1. The Balaban J connectivity index is 2.00. The Bertz CT molecular complexity index is 927. The Morgan fingerprint density at radius 1 is 1.23 bits per heavy atom. The molecule has 0 aliphatic carbocycles. The van der Waals surface area contributed by atoms with E-state index >= 15 is 0 Å². The predicted molar refractivity (Wildman–Crippen MR) is 107 cm³/mol. The Morgan fingerprint density at radius 2 is 2.00 bits per heavy atom. The van der Waals surface area contributed by atoms with Crippen molar-refractivity contribution in [2.24, 2.45) is 0 Å². The number of hydrogen-bond donors (Lipinski definition) is 0. The van der Waals surface area contributed by atoms with E-state index < -0.39 is 0 Å². The summed E-state index contributed by atoms with van der Waals surface area (Å²) in [5, 5.41) is 5.10. The monoisotopic (exact) mass is 371 g/mol. The molecular weight excluding hydrogens is 346 g/mol. The first kappa shape index (κ1) is 18.5. The molecule has 6 nitrogen and oxygen atoms in total. The van der Waals surface area contributed by atoms with Gasteiger partial charge in [-0.1, -0.05) is 17.4 Å². The van der Waals surface area contributed by atoms with Gasteiger partial charge in [-0.05, 0) is 58.1 Å². The number of thiazole rings is 1. The fourth-order valence-corrected chi connectivity index (χ4v) is 3.89. The van der Waals surface area contributed by atoms with Crippen molar-refractivity contribution in [3.05, 3.63) is 41.2 Å². The third kappa shape index (κ3) is 3.78. The maximum Gasteiger partial charge on any atom is 0.280 e. The van der Waals surface area contributed by atoms with Crippen LogP contribution in [-0.4, -0.2) is 52.8 Å². The van der Waals surface area contributed by atoms with Crippen molar-refractivity contribution in [3.8, 4) is 0 Å². The van der Waals surface area contributed by atoms with E-state index in [1.54, 1.807) is 27.0 Å². The summed E-state index contributed by atoms with van der Waals surface area (Å²) in [5.41, 5.74) is 3.78. The highest BCUT2D eigenvalue weighted by Gasteiger charge is 2.23. The van der Waals surface area contributed by atoms with Crippen molar-refractivity contribution in [1.29, 1.82) is 0 Å². The second-order valence-electron chi connectivity index (χ2n) is 6.74. The smallest absolute Gasteiger partial charge is 0.280 e. The molecule has 0 fully saturated rings. The summed E-state index contributed by atoms with van der Waals surface area (Å²) in [5.74, 6) is -0.104. The van der Waals surface area contributed by atoms with Gasteiger partial charge in [0.05, 0.1) is 10.2 Å². The van der Waals surface area contributed by atoms with E-state index in [1.165, 1.54) is 11.1 Å². The van der Waals surface area contributed by atoms with Gasteiger partial charge in [0.25, 0.3) is 5.91 Å². The number of carbonyl (C=O) groups excluding carboxylic acids is 1.